The third kappa shape index (κ3) is 3.80. The van der Waals surface area contributed by atoms with E-state index in [2.05, 4.69) is 15.9 Å². The summed E-state index contributed by atoms with van der Waals surface area (Å²) in [6, 6.07) is 3.97. The standard InChI is InChI=1S/C12H13BrFNO3/c1-2-15(6-5-11(16)17)12(18)8-3-4-10(14)9(13)7-8/h3-4,7H,2,5-6H2,1H3,(H,16,17). The van der Waals surface area contributed by atoms with E-state index in [1.54, 1.807) is 6.92 Å². The van der Waals surface area contributed by atoms with Gasteiger partial charge in [0.25, 0.3) is 5.91 Å². The van der Waals surface area contributed by atoms with Crippen molar-refractivity contribution in [1.82, 2.24) is 4.90 Å². The molecule has 1 amide bonds. The minimum absolute atomic E-state index is 0.109. The Morgan fingerprint density at radius 2 is 2.11 bits per heavy atom. The number of hydrogen-bond acceptors (Lipinski definition) is 2. The van der Waals surface area contributed by atoms with Gasteiger partial charge in [-0.05, 0) is 41.1 Å². The molecule has 0 unspecified atom stereocenters. The molecule has 0 radical (unpaired) electrons. The largest absolute Gasteiger partial charge is 0.481 e. The lowest BCUT2D eigenvalue weighted by molar-refractivity contribution is -0.137. The smallest absolute Gasteiger partial charge is 0.305 e. The van der Waals surface area contributed by atoms with Crippen LogP contribution in [0.3, 0.4) is 0 Å². The van der Waals surface area contributed by atoms with E-state index in [0.717, 1.165) is 0 Å². The van der Waals surface area contributed by atoms with Crippen molar-refractivity contribution in [1.29, 1.82) is 0 Å². The monoisotopic (exact) mass is 317 g/mol. The van der Waals surface area contributed by atoms with Gasteiger partial charge in [0.2, 0.25) is 0 Å². The molecule has 1 aromatic carbocycles. The van der Waals surface area contributed by atoms with Crippen molar-refractivity contribution in [2.45, 2.75) is 13.3 Å². The molecule has 1 aromatic rings. The van der Waals surface area contributed by atoms with Gasteiger partial charge in [0.1, 0.15) is 5.82 Å². The first kappa shape index (κ1) is 14.6. The molecule has 0 fully saturated rings. The van der Waals surface area contributed by atoms with Crippen LogP contribution in [0.1, 0.15) is 23.7 Å². The van der Waals surface area contributed by atoms with Crippen LogP contribution in [0.15, 0.2) is 22.7 Å². The Morgan fingerprint density at radius 1 is 1.44 bits per heavy atom. The molecule has 0 aliphatic rings. The lowest BCUT2D eigenvalue weighted by Crippen LogP contribution is -2.32. The fraction of sp³-hybridized carbons (Fsp3) is 0.333. The van der Waals surface area contributed by atoms with E-state index in [-0.39, 0.29) is 23.3 Å². The molecule has 1 rings (SSSR count). The van der Waals surface area contributed by atoms with Crippen molar-refractivity contribution >= 4 is 27.8 Å². The zero-order valence-corrected chi connectivity index (χ0v) is 11.4. The minimum atomic E-state index is -0.957. The lowest BCUT2D eigenvalue weighted by atomic mass is 10.2. The van der Waals surface area contributed by atoms with Gasteiger partial charge in [-0.15, -0.1) is 0 Å². The maximum atomic E-state index is 13.0. The highest BCUT2D eigenvalue weighted by Crippen LogP contribution is 2.18. The molecule has 1 N–H and O–H groups in total. The normalized spacial score (nSPS) is 10.2. The number of hydrogen-bond donors (Lipinski definition) is 1. The van der Waals surface area contributed by atoms with Crippen LogP contribution in [0.25, 0.3) is 0 Å². The lowest BCUT2D eigenvalue weighted by Gasteiger charge is -2.20. The first-order valence-electron chi connectivity index (χ1n) is 5.41. The highest BCUT2D eigenvalue weighted by atomic mass is 79.9. The number of carboxylic acid groups (broad SMARTS) is 1. The first-order valence-corrected chi connectivity index (χ1v) is 6.21. The fourth-order valence-corrected chi connectivity index (χ4v) is 1.82. The molecule has 0 aliphatic carbocycles. The number of rotatable bonds is 5. The number of halogens is 2. The van der Waals surface area contributed by atoms with Crippen LogP contribution < -0.4 is 0 Å². The molecule has 4 nitrogen and oxygen atoms in total. The van der Waals surface area contributed by atoms with E-state index in [0.29, 0.717) is 12.1 Å². The Bertz CT molecular complexity index is 465. The third-order valence-corrected chi connectivity index (χ3v) is 3.04. The van der Waals surface area contributed by atoms with Gasteiger partial charge in [-0.25, -0.2) is 4.39 Å². The maximum absolute atomic E-state index is 13.0. The highest BCUT2D eigenvalue weighted by Gasteiger charge is 2.16. The Balaban J connectivity index is 2.82. The van der Waals surface area contributed by atoms with Crippen molar-refractivity contribution in [2.75, 3.05) is 13.1 Å². The summed E-state index contributed by atoms with van der Waals surface area (Å²) in [5.41, 5.74) is 0.329. The van der Waals surface area contributed by atoms with Gasteiger partial charge >= 0.3 is 5.97 Å². The van der Waals surface area contributed by atoms with E-state index < -0.39 is 11.8 Å². The summed E-state index contributed by atoms with van der Waals surface area (Å²) in [4.78, 5) is 23.9. The van der Waals surface area contributed by atoms with Gasteiger partial charge in [0.05, 0.1) is 10.9 Å². The molecule has 18 heavy (non-hydrogen) atoms. The predicted octanol–water partition coefficient (Wildman–Crippen LogP) is 2.53. The van der Waals surface area contributed by atoms with Crippen molar-refractivity contribution in [3.8, 4) is 0 Å². The molecular weight excluding hydrogens is 305 g/mol. The maximum Gasteiger partial charge on any atom is 0.305 e. The average Bonchev–Trinajstić information content (AvgIpc) is 2.32. The van der Waals surface area contributed by atoms with E-state index >= 15 is 0 Å². The summed E-state index contributed by atoms with van der Waals surface area (Å²) in [5.74, 6) is -1.71. The number of nitrogens with zero attached hydrogens (tertiary/aromatic N) is 1. The van der Waals surface area contributed by atoms with E-state index in [4.69, 9.17) is 5.11 Å². The number of carboxylic acids is 1. The summed E-state index contributed by atoms with van der Waals surface area (Å²) in [5, 5.41) is 8.60. The number of aliphatic carboxylic acids is 1. The fourth-order valence-electron chi connectivity index (χ4n) is 1.45. The second-order valence-corrected chi connectivity index (χ2v) is 4.51. The molecule has 0 aliphatic heterocycles. The van der Waals surface area contributed by atoms with E-state index in [1.807, 2.05) is 0 Å². The van der Waals surface area contributed by atoms with Gasteiger partial charge < -0.3 is 10.0 Å². The number of benzene rings is 1. The second-order valence-electron chi connectivity index (χ2n) is 3.66. The van der Waals surface area contributed by atoms with Gasteiger partial charge in [0.15, 0.2) is 0 Å². The molecule has 0 aromatic heterocycles. The SMILES string of the molecule is CCN(CCC(=O)O)C(=O)c1ccc(F)c(Br)c1. The zero-order chi connectivity index (χ0) is 13.7. The van der Waals surface area contributed by atoms with Crippen LogP contribution in [-0.2, 0) is 4.79 Å². The summed E-state index contributed by atoms with van der Waals surface area (Å²) in [7, 11) is 0. The summed E-state index contributed by atoms with van der Waals surface area (Å²) >= 11 is 3.01. The summed E-state index contributed by atoms with van der Waals surface area (Å²) in [6.45, 7) is 2.30. The quantitative estimate of drug-likeness (QED) is 0.907. The molecule has 0 saturated heterocycles. The molecule has 0 spiro atoms. The van der Waals surface area contributed by atoms with E-state index in [9.17, 15) is 14.0 Å². The van der Waals surface area contributed by atoms with Gasteiger partial charge in [-0.2, -0.15) is 0 Å². The van der Waals surface area contributed by atoms with Crippen molar-refractivity contribution in [3.63, 3.8) is 0 Å². The van der Waals surface area contributed by atoms with Gasteiger partial charge in [-0.1, -0.05) is 0 Å². The van der Waals surface area contributed by atoms with Crippen LogP contribution >= 0.6 is 15.9 Å². The Labute approximate surface area is 113 Å². The zero-order valence-electron chi connectivity index (χ0n) is 9.82. The van der Waals surface area contributed by atoms with Crippen LogP contribution in [0.2, 0.25) is 0 Å². The van der Waals surface area contributed by atoms with Crippen LogP contribution in [0.5, 0.6) is 0 Å². The molecule has 6 heteroatoms. The molecule has 0 atom stereocenters. The van der Waals surface area contributed by atoms with Crippen LogP contribution in [-0.4, -0.2) is 35.0 Å². The molecule has 0 saturated carbocycles. The number of amides is 1. The highest BCUT2D eigenvalue weighted by molar-refractivity contribution is 9.10. The van der Waals surface area contributed by atoms with Crippen LogP contribution in [0.4, 0.5) is 4.39 Å². The Hall–Kier alpha value is -1.43. The molecule has 0 heterocycles. The van der Waals surface area contributed by atoms with Gasteiger partial charge in [0, 0.05) is 18.7 Å². The number of carbonyl (C=O) groups excluding carboxylic acids is 1. The third-order valence-electron chi connectivity index (χ3n) is 2.43. The molecule has 98 valence electrons. The van der Waals surface area contributed by atoms with Crippen molar-refractivity contribution in [3.05, 3.63) is 34.1 Å². The second kappa shape index (κ2) is 6.49. The Morgan fingerprint density at radius 3 is 2.61 bits per heavy atom. The minimum Gasteiger partial charge on any atom is -0.481 e. The average molecular weight is 318 g/mol. The van der Waals surface area contributed by atoms with E-state index in [1.165, 1.54) is 23.1 Å². The first-order chi connectivity index (χ1) is 8.45. The van der Waals surface area contributed by atoms with Gasteiger partial charge in [-0.3, -0.25) is 9.59 Å². The summed E-state index contributed by atoms with van der Waals surface area (Å²) < 4.78 is 13.3. The molecule has 0 bridgehead atoms. The van der Waals surface area contributed by atoms with Crippen molar-refractivity contribution in [2.24, 2.45) is 0 Å². The molecular formula is C12H13BrFNO3. The van der Waals surface area contributed by atoms with Crippen molar-refractivity contribution < 1.29 is 19.1 Å². The predicted molar refractivity (Wildman–Crippen MR) is 67.9 cm³/mol. The van der Waals surface area contributed by atoms with Crippen LogP contribution in [0, 0.1) is 5.82 Å². The summed E-state index contributed by atoms with van der Waals surface area (Å²) in [6.07, 6.45) is -0.109. The topological polar surface area (TPSA) is 57.6 Å². The number of carbonyl (C=O) groups is 2. The Kier molecular flexibility index (Phi) is 5.27.